The summed E-state index contributed by atoms with van der Waals surface area (Å²) in [6, 6.07) is 18.0. The van der Waals surface area contributed by atoms with Gasteiger partial charge >= 0.3 is 0 Å². The Morgan fingerprint density at radius 3 is 2.47 bits per heavy atom. The number of anilines is 1. The van der Waals surface area contributed by atoms with E-state index in [0.29, 0.717) is 5.56 Å². The minimum atomic E-state index is 0.693. The number of rotatable bonds is 3. The molecule has 2 rings (SSSR count). The largest absolute Gasteiger partial charge is 0.385 e. The maximum absolute atomic E-state index is 8.86. The molecule has 0 aromatic heterocycles. The summed E-state index contributed by atoms with van der Waals surface area (Å²) in [7, 11) is 0. The van der Waals surface area contributed by atoms with Crippen molar-refractivity contribution in [1.82, 2.24) is 0 Å². The number of benzene rings is 2. The molecular weight excluding hydrogens is 208 g/mol. The van der Waals surface area contributed by atoms with Crippen LogP contribution in [0.1, 0.15) is 12.5 Å². The third kappa shape index (κ3) is 2.64. The third-order valence-electron chi connectivity index (χ3n) is 2.59. The Hall–Kier alpha value is -2.27. The summed E-state index contributed by atoms with van der Waals surface area (Å²) in [4.78, 5) is 0. The van der Waals surface area contributed by atoms with E-state index in [1.807, 2.05) is 24.3 Å². The van der Waals surface area contributed by atoms with Gasteiger partial charge in [-0.2, -0.15) is 5.26 Å². The fourth-order valence-electron chi connectivity index (χ4n) is 1.75. The predicted molar refractivity (Wildman–Crippen MR) is 70.8 cm³/mol. The van der Waals surface area contributed by atoms with Crippen LogP contribution in [0, 0.1) is 11.3 Å². The number of hydrogen-bond donors (Lipinski definition) is 1. The lowest BCUT2D eigenvalue weighted by molar-refractivity contribution is 1.21. The highest BCUT2D eigenvalue weighted by Crippen LogP contribution is 2.22. The van der Waals surface area contributed by atoms with Crippen LogP contribution in [0.4, 0.5) is 5.69 Å². The standard InChI is InChI=1S/C15H14N2/c1-2-17-15-8-6-13(7-9-15)14-5-3-4-12(10-14)11-16/h3-10,17H,2H2,1H3. The molecule has 84 valence electrons. The molecule has 1 N–H and O–H groups in total. The van der Waals surface area contributed by atoms with Crippen molar-refractivity contribution in [1.29, 1.82) is 5.26 Å². The highest BCUT2D eigenvalue weighted by atomic mass is 14.8. The van der Waals surface area contributed by atoms with Crippen molar-refractivity contribution in [3.05, 3.63) is 54.1 Å². The molecule has 0 atom stereocenters. The lowest BCUT2D eigenvalue weighted by Crippen LogP contribution is -1.95. The van der Waals surface area contributed by atoms with Crippen LogP contribution in [0.5, 0.6) is 0 Å². The Bertz CT molecular complexity index is 536. The first kappa shape index (κ1) is 11.2. The van der Waals surface area contributed by atoms with Gasteiger partial charge in [0, 0.05) is 12.2 Å². The van der Waals surface area contributed by atoms with Gasteiger partial charge in [0.1, 0.15) is 0 Å². The van der Waals surface area contributed by atoms with E-state index in [1.165, 1.54) is 0 Å². The molecule has 17 heavy (non-hydrogen) atoms. The van der Waals surface area contributed by atoms with Gasteiger partial charge < -0.3 is 5.32 Å². The van der Waals surface area contributed by atoms with Gasteiger partial charge in [-0.15, -0.1) is 0 Å². The molecule has 2 aromatic carbocycles. The summed E-state index contributed by atoms with van der Waals surface area (Å²) < 4.78 is 0. The van der Waals surface area contributed by atoms with Crippen molar-refractivity contribution in [3.8, 4) is 17.2 Å². The zero-order chi connectivity index (χ0) is 12.1. The summed E-state index contributed by atoms with van der Waals surface area (Å²) in [6.45, 7) is 2.99. The van der Waals surface area contributed by atoms with Crippen LogP contribution in [0.15, 0.2) is 48.5 Å². The fourth-order valence-corrected chi connectivity index (χ4v) is 1.75. The van der Waals surface area contributed by atoms with Gasteiger partial charge in [0.25, 0.3) is 0 Å². The van der Waals surface area contributed by atoms with E-state index in [4.69, 9.17) is 5.26 Å². The van der Waals surface area contributed by atoms with Gasteiger partial charge in [0.15, 0.2) is 0 Å². The van der Waals surface area contributed by atoms with Crippen LogP contribution in [-0.2, 0) is 0 Å². The van der Waals surface area contributed by atoms with Crippen LogP contribution in [0.2, 0.25) is 0 Å². The molecule has 0 aliphatic heterocycles. The third-order valence-corrected chi connectivity index (χ3v) is 2.59. The van der Waals surface area contributed by atoms with Crippen molar-refractivity contribution in [2.45, 2.75) is 6.92 Å². The molecule has 2 aromatic rings. The molecule has 0 aliphatic carbocycles. The quantitative estimate of drug-likeness (QED) is 0.860. The number of nitrogens with zero attached hydrogens (tertiary/aromatic N) is 1. The van der Waals surface area contributed by atoms with Gasteiger partial charge in [-0.1, -0.05) is 24.3 Å². The first-order chi connectivity index (χ1) is 8.33. The van der Waals surface area contributed by atoms with Crippen LogP contribution in [-0.4, -0.2) is 6.54 Å². The van der Waals surface area contributed by atoms with Crippen LogP contribution in [0.3, 0.4) is 0 Å². The van der Waals surface area contributed by atoms with Crippen LogP contribution < -0.4 is 5.32 Å². The topological polar surface area (TPSA) is 35.8 Å². The average Bonchev–Trinajstić information content (AvgIpc) is 2.40. The molecule has 0 aliphatic rings. The molecule has 2 heteroatoms. The zero-order valence-electron chi connectivity index (χ0n) is 9.77. The lowest BCUT2D eigenvalue weighted by Gasteiger charge is -2.05. The van der Waals surface area contributed by atoms with E-state index in [2.05, 4.69) is 42.6 Å². The van der Waals surface area contributed by atoms with E-state index >= 15 is 0 Å². The van der Waals surface area contributed by atoms with Crippen molar-refractivity contribution >= 4 is 5.69 Å². The van der Waals surface area contributed by atoms with Gasteiger partial charge in [-0.3, -0.25) is 0 Å². The molecule has 0 bridgehead atoms. The Balaban J connectivity index is 2.30. The zero-order valence-corrected chi connectivity index (χ0v) is 9.77. The lowest BCUT2D eigenvalue weighted by atomic mass is 10.0. The summed E-state index contributed by atoms with van der Waals surface area (Å²) in [5.74, 6) is 0. The molecule has 0 spiro atoms. The van der Waals surface area contributed by atoms with Crippen LogP contribution >= 0.6 is 0 Å². The molecule has 0 fully saturated rings. The molecule has 0 amide bonds. The SMILES string of the molecule is CCNc1ccc(-c2cccc(C#N)c2)cc1. The highest BCUT2D eigenvalue weighted by molar-refractivity contribution is 5.67. The average molecular weight is 222 g/mol. The second-order valence-electron chi connectivity index (χ2n) is 3.80. The maximum Gasteiger partial charge on any atom is 0.0991 e. The minimum Gasteiger partial charge on any atom is -0.385 e. The number of nitriles is 1. The van der Waals surface area contributed by atoms with Crippen molar-refractivity contribution in [3.63, 3.8) is 0 Å². The fraction of sp³-hybridized carbons (Fsp3) is 0.133. The Morgan fingerprint density at radius 1 is 1.06 bits per heavy atom. The molecule has 0 radical (unpaired) electrons. The summed E-state index contributed by atoms with van der Waals surface area (Å²) in [6.07, 6.45) is 0. The van der Waals surface area contributed by atoms with Gasteiger partial charge in [-0.05, 0) is 42.3 Å². The summed E-state index contributed by atoms with van der Waals surface area (Å²) in [5, 5.41) is 12.1. The first-order valence-corrected chi connectivity index (χ1v) is 5.68. The molecule has 0 saturated carbocycles. The van der Waals surface area contributed by atoms with E-state index in [0.717, 1.165) is 23.4 Å². The van der Waals surface area contributed by atoms with Crippen molar-refractivity contribution < 1.29 is 0 Å². The van der Waals surface area contributed by atoms with E-state index < -0.39 is 0 Å². The molecule has 2 nitrogen and oxygen atoms in total. The summed E-state index contributed by atoms with van der Waals surface area (Å²) >= 11 is 0. The van der Waals surface area contributed by atoms with Gasteiger partial charge in [-0.25, -0.2) is 0 Å². The Labute approximate surface area is 102 Å². The minimum absolute atomic E-state index is 0.693. The predicted octanol–water partition coefficient (Wildman–Crippen LogP) is 3.66. The smallest absolute Gasteiger partial charge is 0.0991 e. The maximum atomic E-state index is 8.86. The molecule has 0 saturated heterocycles. The monoisotopic (exact) mass is 222 g/mol. The normalized spacial score (nSPS) is 9.65. The Morgan fingerprint density at radius 2 is 1.82 bits per heavy atom. The van der Waals surface area contributed by atoms with Crippen LogP contribution in [0.25, 0.3) is 11.1 Å². The summed E-state index contributed by atoms with van der Waals surface area (Å²) in [5.41, 5.74) is 4.02. The van der Waals surface area contributed by atoms with E-state index in [1.54, 1.807) is 0 Å². The molecule has 0 heterocycles. The molecular formula is C15H14N2. The Kier molecular flexibility index (Phi) is 3.42. The van der Waals surface area contributed by atoms with Gasteiger partial charge in [0.05, 0.1) is 11.6 Å². The first-order valence-electron chi connectivity index (χ1n) is 5.68. The molecule has 0 unspecified atom stereocenters. The van der Waals surface area contributed by atoms with Crippen molar-refractivity contribution in [2.75, 3.05) is 11.9 Å². The number of hydrogen-bond acceptors (Lipinski definition) is 2. The second-order valence-corrected chi connectivity index (χ2v) is 3.80. The van der Waals surface area contributed by atoms with Crippen molar-refractivity contribution in [2.24, 2.45) is 0 Å². The van der Waals surface area contributed by atoms with E-state index in [-0.39, 0.29) is 0 Å². The highest BCUT2D eigenvalue weighted by Gasteiger charge is 1.99. The number of nitrogens with one attached hydrogen (secondary N) is 1. The van der Waals surface area contributed by atoms with E-state index in [9.17, 15) is 0 Å². The van der Waals surface area contributed by atoms with Gasteiger partial charge in [0.2, 0.25) is 0 Å². The second kappa shape index (κ2) is 5.18.